The molecule has 0 heterocycles. The zero-order valence-corrected chi connectivity index (χ0v) is 14.8. The minimum atomic E-state index is -0.486. The average molecular weight is 358 g/mol. The van der Waals surface area contributed by atoms with Crippen molar-refractivity contribution in [3.8, 4) is 11.5 Å². The van der Waals surface area contributed by atoms with Crippen LogP contribution in [-0.2, 0) is 11.2 Å². The van der Waals surface area contributed by atoms with Crippen LogP contribution in [0.2, 0.25) is 0 Å². The van der Waals surface area contributed by atoms with E-state index >= 15 is 0 Å². The first-order valence-electron chi connectivity index (χ1n) is 8.60. The lowest BCUT2D eigenvalue weighted by molar-refractivity contribution is 0.0603. The summed E-state index contributed by atoms with van der Waals surface area (Å²) in [4.78, 5) is 12.2. The Morgan fingerprint density at radius 2 is 1.52 bits per heavy atom. The molecule has 4 aromatic rings. The Morgan fingerprint density at radius 3 is 2.22 bits per heavy atom. The van der Waals surface area contributed by atoms with Crippen LogP contribution in [0.25, 0.3) is 21.5 Å². The molecule has 0 aliphatic rings. The Hall–Kier alpha value is -3.53. The molecular weight excluding hydrogens is 340 g/mol. The van der Waals surface area contributed by atoms with Crippen molar-refractivity contribution in [3.63, 3.8) is 0 Å². The van der Waals surface area contributed by atoms with Crippen LogP contribution >= 0.6 is 0 Å². The highest BCUT2D eigenvalue weighted by atomic mass is 16.5. The topological polar surface area (TPSA) is 66.8 Å². The van der Waals surface area contributed by atoms with E-state index in [1.165, 1.54) is 24.8 Å². The average Bonchev–Trinajstić information content (AvgIpc) is 2.69. The molecule has 0 amide bonds. The fraction of sp³-hybridized carbons (Fsp3) is 0.0870. The molecule has 0 spiro atoms. The molecule has 0 aliphatic carbocycles. The van der Waals surface area contributed by atoms with E-state index in [4.69, 9.17) is 4.74 Å². The first kappa shape index (κ1) is 16.9. The number of ether oxygens (including phenoxy) is 1. The first-order valence-corrected chi connectivity index (χ1v) is 8.60. The summed E-state index contributed by atoms with van der Waals surface area (Å²) < 4.78 is 4.88. The molecule has 0 radical (unpaired) electrons. The van der Waals surface area contributed by atoms with Crippen LogP contribution in [0.1, 0.15) is 21.5 Å². The second kappa shape index (κ2) is 6.65. The number of phenols is 2. The molecule has 4 rings (SSSR count). The van der Waals surface area contributed by atoms with E-state index in [1.807, 2.05) is 30.3 Å². The van der Waals surface area contributed by atoms with Crippen molar-refractivity contribution in [2.45, 2.75) is 6.42 Å². The van der Waals surface area contributed by atoms with Crippen LogP contribution in [0.5, 0.6) is 11.5 Å². The summed E-state index contributed by atoms with van der Waals surface area (Å²) in [5.74, 6) is -0.980. The Kier molecular flexibility index (Phi) is 4.16. The number of hydrogen-bond acceptors (Lipinski definition) is 4. The number of esters is 1. The maximum absolute atomic E-state index is 12.2. The highest BCUT2D eigenvalue weighted by Crippen LogP contribution is 2.37. The molecule has 0 fully saturated rings. The lowest BCUT2D eigenvalue weighted by atomic mass is 9.94. The summed E-state index contributed by atoms with van der Waals surface area (Å²) >= 11 is 0. The minimum Gasteiger partial charge on any atom is -0.504 e. The second-order valence-corrected chi connectivity index (χ2v) is 6.52. The second-order valence-electron chi connectivity index (χ2n) is 6.52. The molecule has 134 valence electrons. The van der Waals surface area contributed by atoms with Gasteiger partial charge >= 0.3 is 5.97 Å². The number of methoxy groups -OCH3 is 1. The van der Waals surface area contributed by atoms with Gasteiger partial charge < -0.3 is 14.9 Å². The van der Waals surface area contributed by atoms with Gasteiger partial charge in [-0.2, -0.15) is 0 Å². The van der Waals surface area contributed by atoms with E-state index in [-0.39, 0.29) is 11.5 Å². The summed E-state index contributed by atoms with van der Waals surface area (Å²) in [6.45, 7) is 0. The third-order valence-corrected chi connectivity index (χ3v) is 4.77. The zero-order chi connectivity index (χ0) is 19.0. The predicted molar refractivity (Wildman–Crippen MR) is 105 cm³/mol. The van der Waals surface area contributed by atoms with Gasteiger partial charge in [0.05, 0.1) is 12.7 Å². The maximum Gasteiger partial charge on any atom is 0.338 e. The molecule has 0 atom stereocenters. The molecule has 2 N–H and O–H groups in total. The monoisotopic (exact) mass is 358 g/mol. The molecule has 4 heteroatoms. The molecule has 0 bridgehead atoms. The van der Waals surface area contributed by atoms with Crippen molar-refractivity contribution < 1.29 is 19.7 Å². The van der Waals surface area contributed by atoms with Gasteiger partial charge in [-0.3, -0.25) is 0 Å². The van der Waals surface area contributed by atoms with Gasteiger partial charge in [0.2, 0.25) is 0 Å². The van der Waals surface area contributed by atoms with E-state index in [0.29, 0.717) is 16.3 Å². The largest absolute Gasteiger partial charge is 0.504 e. The third-order valence-electron chi connectivity index (χ3n) is 4.77. The zero-order valence-electron chi connectivity index (χ0n) is 14.8. The van der Waals surface area contributed by atoms with E-state index in [9.17, 15) is 15.0 Å². The van der Waals surface area contributed by atoms with E-state index < -0.39 is 5.97 Å². The number of rotatable bonds is 3. The number of hydrogen-bond donors (Lipinski definition) is 2. The minimum absolute atomic E-state index is 0.223. The Morgan fingerprint density at radius 1 is 0.815 bits per heavy atom. The third kappa shape index (κ3) is 3.06. The van der Waals surface area contributed by atoms with Gasteiger partial charge in [0.25, 0.3) is 0 Å². The highest BCUT2D eigenvalue weighted by Gasteiger charge is 2.16. The normalized spacial score (nSPS) is 11.0. The Labute approximate surface area is 156 Å². The van der Waals surface area contributed by atoms with Gasteiger partial charge in [-0.05, 0) is 51.9 Å². The molecule has 4 aromatic carbocycles. The molecule has 0 saturated carbocycles. The fourth-order valence-electron chi connectivity index (χ4n) is 3.44. The maximum atomic E-state index is 12.2. The van der Waals surface area contributed by atoms with Gasteiger partial charge in [0, 0.05) is 5.39 Å². The number of fused-ring (bicyclic) bond motifs is 3. The van der Waals surface area contributed by atoms with Gasteiger partial charge in [0.15, 0.2) is 11.5 Å². The Balaban J connectivity index is 1.96. The summed E-state index contributed by atoms with van der Waals surface area (Å²) in [7, 11) is 1.32. The summed E-state index contributed by atoms with van der Waals surface area (Å²) in [6, 6.07) is 20.9. The van der Waals surface area contributed by atoms with E-state index in [1.54, 1.807) is 6.07 Å². The molecule has 0 unspecified atom stereocenters. The van der Waals surface area contributed by atoms with Crippen molar-refractivity contribution in [3.05, 3.63) is 83.4 Å². The van der Waals surface area contributed by atoms with Crippen LogP contribution in [0.4, 0.5) is 0 Å². The number of carbonyl (C=O) groups excluding carboxylic acids is 1. The standard InChI is InChI=1S/C23H18O4/c1-27-23(26)20-11-16-8-7-15(9-14-5-3-2-4-6-14)10-17(16)18-12-21(24)22(25)13-19(18)20/h2-8,10-13,24-25H,9H2,1H3. The Bertz CT molecular complexity index is 1160. The molecule has 4 nitrogen and oxygen atoms in total. The molecule has 27 heavy (non-hydrogen) atoms. The van der Waals surface area contributed by atoms with Gasteiger partial charge in [-0.1, -0.05) is 48.5 Å². The van der Waals surface area contributed by atoms with Crippen molar-refractivity contribution >= 4 is 27.5 Å². The number of carbonyl (C=O) groups is 1. The van der Waals surface area contributed by atoms with E-state index in [0.717, 1.165) is 22.8 Å². The van der Waals surface area contributed by atoms with Crippen LogP contribution in [-0.4, -0.2) is 23.3 Å². The lowest BCUT2D eigenvalue weighted by Crippen LogP contribution is -2.02. The van der Waals surface area contributed by atoms with Crippen molar-refractivity contribution in [1.82, 2.24) is 0 Å². The summed E-state index contributed by atoms with van der Waals surface area (Å²) in [6.07, 6.45) is 0.779. The molecule has 0 saturated heterocycles. The van der Waals surface area contributed by atoms with Crippen molar-refractivity contribution in [2.75, 3.05) is 7.11 Å². The van der Waals surface area contributed by atoms with Crippen molar-refractivity contribution in [2.24, 2.45) is 0 Å². The number of aromatic hydroxyl groups is 2. The SMILES string of the molecule is COC(=O)c1cc2ccc(Cc3ccccc3)cc2c2cc(O)c(O)cc12. The molecule has 0 aliphatic heterocycles. The first-order chi connectivity index (χ1) is 13.1. The van der Waals surface area contributed by atoms with Gasteiger partial charge in [0.1, 0.15) is 0 Å². The fourth-order valence-corrected chi connectivity index (χ4v) is 3.44. The lowest BCUT2D eigenvalue weighted by Gasteiger charge is -2.12. The van der Waals surface area contributed by atoms with Crippen LogP contribution < -0.4 is 0 Å². The van der Waals surface area contributed by atoms with Gasteiger partial charge in [-0.15, -0.1) is 0 Å². The van der Waals surface area contributed by atoms with Crippen molar-refractivity contribution in [1.29, 1.82) is 0 Å². The summed E-state index contributed by atoms with van der Waals surface area (Å²) in [5.41, 5.74) is 2.67. The number of phenolic OH excluding ortho intramolecular Hbond substituents is 2. The summed E-state index contributed by atoms with van der Waals surface area (Å²) in [5, 5.41) is 22.9. The predicted octanol–water partition coefficient (Wildman–Crippen LogP) is 4.78. The quantitative estimate of drug-likeness (QED) is 0.314. The van der Waals surface area contributed by atoms with Gasteiger partial charge in [-0.25, -0.2) is 4.79 Å². The van der Waals surface area contributed by atoms with E-state index in [2.05, 4.69) is 18.2 Å². The van der Waals surface area contributed by atoms with Crippen LogP contribution in [0, 0.1) is 0 Å². The molecular formula is C23H18O4. The van der Waals surface area contributed by atoms with Crippen LogP contribution in [0.15, 0.2) is 66.7 Å². The molecule has 0 aromatic heterocycles. The smallest absolute Gasteiger partial charge is 0.338 e. The number of benzene rings is 4. The van der Waals surface area contributed by atoms with Crippen LogP contribution in [0.3, 0.4) is 0 Å². The highest BCUT2D eigenvalue weighted by molar-refractivity contribution is 6.16.